The first-order valence-corrected chi connectivity index (χ1v) is 14.2. The molecule has 3 aromatic rings. The minimum Gasteiger partial charge on any atom is -0.469 e. The van der Waals surface area contributed by atoms with Crippen LogP contribution < -0.4 is 0 Å². The molecule has 0 bridgehead atoms. The summed E-state index contributed by atoms with van der Waals surface area (Å²) in [6.07, 6.45) is 3.23. The number of thioether (sulfide) groups is 1. The molecular formula is C26H27BrClN5O2S. The average molecular weight is 589 g/mol. The van der Waals surface area contributed by atoms with E-state index in [4.69, 9.17) is 21.3 Å². The second-order valence-corrected chi connectivity index (χ2v) is 11.2. The van der Waals surface area contributed by atoms with E-state index in [1.807, 2.05) is 30.3 Å². The molecular weight excluding hydrogens is 562 g/mol. The number of likely N-dealkylation sites (tertiary alicyclic amines) is 1. The van der Waals surface area contributed by atoms with Gasteiger partial charge in [-0.2, -0.15) is 0 Å². The van der Waals surface area contributed by atoms with Crippen LogP contribution in [0.1, 0.15) is 48.7 Å². The first-order valence-electron chi connectivity index (χ1n) is 12.1. The molecule has 188 valence electrons. The maximum absolute atomic E-state index is 12.0. The van der Waals surface area contributed by atoms with Crippen LogP contribution in [0.15, 0.2) is 57.1 Å². The maximum Gasteiger partial charge on any atom is 0.305 e. The molecule has 36 heavy (non-hydrogen) atoms. The van der Waals surface area contributed by atoms with Crippen molar-refractivity contribution in [3.63, 3.8) is 0 Å². The summed E-state index contributed by atoms with van der Waals surface area (Å²) in [6.45, 7) is 3.35. The molecule has 0 amide bonds. The fraction of sp³-hybridized carbons (Fsp3) is 0.385. The van der Waals surface area contributed by atoms with Gasteiger partial charge in [0.05, 0.1) is 18.5 Å². The van der Waals surface area contributed by atoms with Crippen molar-refractivity contribution in [2.45, 2.75) is 36.9 Å². The van der Waals surface area contributed by atoms with E-state index in [-0.39, 0.29) is 18.4 Å². The largest absolute Gasteiger partial charge is 0.469 e. The number of hydrogen-bond donors (Lipinski definition) is 0. The smallest absolute Gasteiger partial charge is 0.305 e. The molecule has 1 saturated heterocycles. The van der Waals surface area contributed by atoms with Gasteiger partial charge in [-0.25, -0.2) is 0 Å². The Bertz CT molecular complexity index is 1290. The van der Waals surface area contributed by atoms with Crippen LogP contribution in [0.4, 0.5) is 0 Å². The second-order valence-electron chi connectivity index (χ2n) is 8.82. The molecule has 2 aliphatic rings. The Kier molecular flexibility index (Phi) is 8.10. The zero-order valence-corrected chi connectivity index (χ0v) is 23.2. The monoisotopic (exact) mass is 587 g/mol. The molecule has 0 unspecified atom stereocenters. The van der Waals surface area contributed by atoms with Crippen LogP contribution in [0, 0.1) is 0 Å². The van der Waals surface area contributed by atoms with Crippen LogP contribution in [-0.2, 0) is 9.53 Å². The fourth-order valence-electron chi connectivity index (χ4n) is 4.68. The third-order valence-electron chi connectivity index (χ3n) is 6.51. The lowest BCUT2D eigenvalue weighted by Crippen LogP contribution is -2.22. The van der Waals surface area contributed by atoms with Gasteiger partial charge in [0.15, 0.2) is 11.0 Å². The Hall–Kier alpha value is -2.20. The van der Waals surface area contributed by atoms with Gasteiger partial charge in [0.1, 0.15) is 6.04 Å². The first-order chi connectivity index (χ1) is 17.5. The highest BCUT2D eigenvalue weighted by atomic mass is 79.9. The third-order valence-corrected chi connectivity index (χ3v) is 8.24. The van der Waals surface area contributed by atoms with Crippen LogP contribution in [-0.4, -0.2) is 63.8 Å². The summed E-state index contributed by atoms with van der Waals surface area (Å²) in [4.78, 5) is 19.7. The van der Waals surface area contributed by atoms with Crippen molar-refractivity contribution in [3.05, 3.63) is 68.9 Å². The molecule has 1 fully saturated rings. The van der Waals surface area contributed by atoms with Gasteiger partial charge in [0, 0.05) is 39.3 Å². The van der Waals surface area contributed by atoms with E-state index in [1.54, 1.807) is 11.8 Å². The molecule has 0 radical (unpaired) electrons. The van der Waals surface area contributed by atoms with E-state index < -0.39 is 0 Å². The minimum atomic E-state index is -0.387. The summed E-state index contributed by atoms with van der Waals surface area (Å²) < 4.78 is 7.95. The molecule has 0 saturated carbocycles. The van der Waals surface area contributed by atoms with Gasteiger partial charge in [-0.3, -0.25) is 14.4 Å². The molecule has 1 atom stereocenters. The number of ether oxygens (including phenoxy) is 1. The van der Waals surface area contributed by atoms with Gasteiger partial charge in [0.2, 0.25) is 0 Å². The zero-order chi connectivity index (χ0) is 25.1. The topological polar surface area (TPSA) is 72.6 Å². The van der Waals surface area contributed by atoms with Crippen molar-refractivity contribution in [3.8, 4) is 5.69 Å². The lowest BCUT2D eigenvalue weighted by molar-refractivity contribution is -0.140. The number of nitrogens with zero attached hydrogens (tertiary/aromatic N) is 5. The van der Waals surface area contributed by atoms with Crippen molar-refractivity contribution in [2.24, 2.45) is 4.99 Å². The highest BCUT2D eigenvalue weighted by Gasteiger charge is 2.30. The first kappa shape index (κ1) is 25.4. The van der Waals surface area contributed by atoms with Gasteiger partial charge in [-0.15, -0.1) is 10.2 Å². The van der Waals surface area contributed by atoms with E-state index in [9.17, 15) is 4.79 Å². The van der Waals surface area contributed by atoms with Crippen molar-refractivity contribution in [1.82, 2.24) is 19.7 Å². The highest BCUT2D eigenvalue weighted by molar-refractivity contribution is 9.10. The van der Waals surface area contributed by atoms with Crippen LogP contribution in [0.25, 0.3) is 5.69 Å². The number of carbonyl (C=O) groups excluding carboxylic acids is 1. The van der Waals surface area contributed by atoms with E-state index in [0.29, 0.717) is 17.3 Å². The fourth-order valence-corrected chi connectivity index (χ4v) is 6.22. The highest BCUT2D eigenvalue weighted by Crippen LogP contribution is 2.37. The summed E-state index contributed by atoms with van der Waals surface area (Å²) in [5.41, 5.74) is 3.48. The Labute approximate surface area is 228 Å². The molecule has 3 heterocycles. The predicted molar refractivity (Wildman–Crippen MR) is 147 cm³/mol. The average Bonchev–Trinajstić information content (AvgIpc) is 3.53. The Morgan fingerprint density at radius 3 is 2.75 bits per heavy atom. The molecule has 10 heteroatoms. The van der Waals surface area contributed by atoms with E-state index >= 15 is 0 Å². The van der Waals surface area contributed by atoms with Crippen LogP contribution in [0.3, 0.4) is 0 Å². The number of fused-ring (bicyclic) bond motifs is 3. The Morgan fingerprint density at radius 2 is 1.97 bits per heavy atom. The van der Waals surface area contributed by atoms with Crippen molar-refractivity contribution in [2.75, 3.05) is 32.5 Å². The molecule has 0 N–H and O–H groups in total. The van der Waals surface area contributed by atoms with E-state index in [1.165, 1.54) is 33.0 Å². The van der Waals surface area contributed by atoms with Crippen molar-refractivity contribution < 1.29 is 9.53 Å². The quantitative estimate of drug-likeness (QED) is 0.248. The standard InChI is InChI=1S/C26H27BrClN5O2S/c1-35-23(34)11-9-21-25-30-31-26(36-15-14-32-12-4-5-13-32)33(25)22-10-8-17(27)16-19(22)24(29-21)18-6-2-3-7-20(18)28/h2-3,6-8,10,16,21H,4-5,9,11-15H2,1H3/t21-/m0/s1. The summed E-state index contributed by atoms with van der Waals surface area (Å²) in [5.74, 6) is 1.36. The number of carbonyl (C=O) groups is 1. The van der Waals surface area contributed by atoms with Gasteiger partial charge in [-0.05, 0) is 56.6 Å². The van der Waals surface area contributed by atoms with Gasteiger partial charge in [-0.1, -0.05) is 57.5 Å². The summed E-state index contributed by atoms with van der Waals surface area (Å²) in [6, 6.07) is 13.4. The van der Waals surface area contributed by atoms with Crippen LogP contribution in [0.5, 0.6) is 0 Å². The number of esters is 1. The zero-order valence-electron chi connectivity index (χ0n) is 20.0. The molecule has 5 rings (SSSR count). The summed E-state index contributed by atoms with van der Waals surface area (Å²) in [5, 5.41) is 10.6. The van der Waals surface area contributed by atoms with Gasteiger partial charge in [0.25, 0.3) is 0 Å². The van der Waals surface area contributed by atoms with Crippen LogP contribution in [0.2, 0.25) is 5.02 Å². The molecule has 2 aliphatic heterocycles. The molecule has 1 aromatic heterocycles. The lowest BCUT2D eigenvalue weighted by atomic mass is 10.00. The molecule has 7 nitrogen and oxygen atoms in total. The minimum absolute atomic E-state index is 0.227. The lowest BCUT2D eigenvalue weighted by Gasteiger charge is -2.16. The summed E-state index contributed by atoms with van der Waals surface area (Å²) >= 11 is 12.0. The maximum atomic E-state index is 12.0. The number of rotatable bonds is 8. The van der Waals surface area contributed by atoms with Gasteiger partial charge < -0.3 is 9.64 Å². The number of aliphatic imine (C=N–C) groups is 1. The Morgan fingerprint density at radius 1 is 1.17 bits per heavy atom. The van der Waals surface area contributed by atoms with Crippen molar-refractivity contribution in [1.29, 1.82) is 0 Å². The molecule has 0 spiro atoms. The Balaban J connectivity index is 1.59. The predicted octanol–water partition coefficient (Wildman–Crippen LogP) is 5.72. The number of hydrogen-bond acceptors (Lipinski definition) is 7. The van der Waals surface area contributed by atoms with Crippen molar-refractivity contribution >= 4 is 51.0 Å². The number of halogens is 2. The summed E-state index contributed by atoms with van der Waals surface area (Å²) in [7, 11) is 1.40. The van der Waals surface area contributed by atoms with E-state index in [2.05, 4.69) is 47.7 Å². The molecule has 2 aromatic carbocycles. The third kappa shape index (κ3) is 5.39. The van der Waals surface area contributed by atoms with E-state index in [0.717, 1.165) is 44.5 Å². The number of aromatic nitrogens is 3. The molecule has 0 aliphatic carbocycles. The SMILES string of the molecule is COC(=O)CC[C@@H]1N=C(c2ccccc2Cl)c2cc(Br)ccc2-n2c(SCCN3CCCC3)nnc21. The van der Waals surface area contributed by atoms with Crippen LogP contribution >= 0.6 is 39.3 Å². The second kappa shape index (κ2) is 11.5. The van der Waals surface area contributed by atoms with Gasteiger partial charge >= 0.3 is 5.97 Å². The number of benzene rings is 2. The number of methoxy groups -OCH3 is 1. The normalized spacial score (nSPS) is 17.3.